The van der Waals surface area contributed by atoms with Crippen molar-refractivity contribution in [2.24, 2.45) is 0 Å². The standard InChI is InChI=1S/C20H24N2/c1-20(11-15-5-2-3-6-16(15)12-20)22-14-18-8-4-7-17-13-21-10-9-19(17)18/h2-8,21-22H,9-14H2,1H3. The van der Waals surface area contributed by atoms with Gasteiger partial charge < -0.3 is 10.6 Å². The van der Waals surface area contributed by atoms with E-state index in [1.54, 1.807) is 5.56 Å². The zero-order valence-electron chi connectivity index (χ0n) is 13.3. The van der Waals surface area contributed by atoms with Crippen LogP contribution in [0.15, 0.2) is 42.5 Å². The van der Waals surface area contributed by atoms with Crippen LogP contribution in [-0.2, 0) is 32.4 Å². The lowest BCUT2D eigenvalue weighted by Crippen LogP contribution is -2.43. The predicted molar refractivity (Wildman–Crippen MR) is 90.9 cm³/mol. The van der Waals surface area contributed by atoms with E-state index < -0.39 is 0 Å². The first-order chi connectivity index (χ1) is 10.7. The van der Waals surface area contributed by atoms with E-state index in [1.165, 1.54) is 22.3 Å². The van der Waals surface area contributed by atoms with Crippen LogP contribution in [0, 0.1) is 0 Å². The van der Waals surface area contributed by atoms with Gasteiger partial charge in [-0.2, -0.15) is 0 Å². The molecule has 114 valence electrons. The largest absolute Gasteiger partial charge is 0.312 e. The number of nitrogens with one attached hydrogen (secondary N) is 2. The van der Waals surface area contributed by atoms with E-state index in [4.69, 9.17) is 0 Å². The summed E-state index contributed by atoms with van der Waals surface area (Å²) in [5.41, 5.74) is 7.74. The Kier molecular flexibility index (Phi) is 3.51. The lowest BCUT2D eigenvalue weighted by molar-refractivity contribution is 0.369. The second kappa shape index (κ2) is 5.53. The van der Waals surface area contributed by atoms with Crippen molar-refractivity contribution in [3.63, 3.8) is 0 Å². The highest BCUT2D eigenvalue weighted by Gasteiger charge is 2.32. The summed E-state index contributed by atoms with van der Waals surface area (Å²) >= 11 is 0. The second-order valence-corrected chi connectivity index (χ2v) is 7.02. The molecular formula is C20H24N2. The molecule has 0 spiro atoms. The summed E-state index contributed by atoms with van der Waals surface area (Å²) in [6.45, 7) is 5.47. The molecule has 0 bridgehead atoms. The van der Waals surface area contributed by atoms with Gasteiger partial charge in [0.05, 0.1) is 0 Å². The Hall–Kier alpha value is -1.64. The fourth-order valence-corrected chi connectivity index (χ4v) is 4.02. The average molecular weight is 292 g/mol. The van der Waals surface area contributed by atoms with Gasteiger partial charge in [-0.3, -0.25) is 0 Å². The lowest BCUT2D eigenvalue weighted by Gasteiger charge is -2.27. The lowest BCUT2D eigenvalue weighted by atomic mass is 9.93. The van der Waals surface area contributed by atoms with Crippen LogP contribution in [0.4, 0.5) is 0 Å². The third-order valence-corrected chi connectivity index (χ3v) is 5.22. The van der Waals surface area contributed by atoms with Crippen molar-refractivity contribution in [2.45, 2.75) is 44.8 Å². The van der Waals surface area contributed by atoms with Crippen LogP contribution in [0.1, 0.15) is 34.7 Å². The Morgan fingerprint density at radius 3 is 2.50 bits per heavy atom. The third kappa shape index (κ3) is 2.57. The van der Waals surface area contributed by atoms with Crippen LogP contribution in [0.5, 0.6) is 0 Å². The fourth-order valence-electron chi connectivity index (χ4n) is 4.02. The zero-order valence-corrected chi connectivity index (χ0v) is 13.3. The van der Waals surface area contributed by atoms with Gasteiger partial charge in [-0.1, -0.05) is 42.5 Å². The highest BCUT2D eigenvalue weighted by atomic mass is 15.0. The Labute approximate surface area is 132 Å². The molecule has 0 fully saturated rings. The third-order valence-electron chi connectivity index (χ3n) is 5.22. The summed E-state index contributed by atoms with van der Waals surface area (Å²) in [6, 6.07) is 15.6. The Morgan fingerprint density at radius 1 is 1.00 bits per heavy atom. The molecule has 1 heterocycles. The summed E-state index contributed by atoms with van der Waals surface area (Å²) in [5.74, 6) is 0. The summed E-state index contributed by atoms with van der Waals surface area (Å²) in [5, 5.41) is 7.32. The van der Waals surface area contributed by atoms with Crippen molar-refractivity contribution < 1.29 is 0 Å². The topological polar surface area (TPSA) is 24.1 Å². The maximum absolute atomic E-state index is 3.85. The maximum Gasteiger partial charge on any atom is 0.0237 e. The molecule has 2 heteroatoms. The van der Waals surface area contributed by atoms with Gasteiger partial charge in [-0.15, -0.1) is 0 Å². The molecule has 0 amide bonds. The molecule has 0 radical (unpaired) electrons. The number of fused-ring (bicyclic) bond motifs is 2. The molecule has 2 aromatic rings. The smallest absolute Gasteiger partial charge is 0.0237 e. The number of rotatable bonds is 3. The molecule has 0 saturated heterocycles. The second-order valence-electron chi connectivity index (χ2n) is 7.02. The quantitative estimate of drug-likeness (QED) is 0.909. The monoisotopic (exact) mass is 292 g/mol. The first-order valence-corrected chi connectivity index (χ1v) is 8.36. The average Bonchev–Trinajstić information content (AvgIpc) is 2.89. The van der Waals surface area contributed by atoms with Crippen LogP contribution in [0.2, 0.25) is 0 Å². The van der Waals surface area contributed by atoms with E-state index in [0.717, 1.165) is 38.9 Å². The maximum atomic E-state index is 3.85. The van der Waals surface area contributed by atoms with Crippen molar-refractivity contribution in [2.75, 3.05) is 6.54 Å². The van der Waals surface area contributed by atoms with Crippen molar-refractivity contribution in [3.8, 4) is 0 Å². The van der Waals surface area contributed by atoms with Crippen LogP contribution in [0.25, 0.3) is 0 Å². The SMILES string of the molecule is CC1(NCc2cccc3c2CCNC3)Cc2ccccc2C1. The van der Waals surface area contributed by atoms with Crippen molar-refractivity contribution in [3.05, 3.63) is 70.3 Å². The van der Waals surface area contributed by atoms with Crippen molar-refractivity contribution in [1.29, 1.82) is 0 Å². The molecule has 2 N–H and O–H groups in total. The summed E-state index contributed by atoms with van der Waals surface area (Å²) in [6.07, 6.45) is 3.43. The van der Waals surface area contributed by atoms with E-state index in [2.05, 4.69) is 60.0 Å². The first-order valence-electron chi connectivity index (χ1n) is 8.36. The Balaban J connectivity index is 1.50. The molecule has 2 aromatic carbocycles. The molecule has 2 nitrogen and oxygen atoms in total. The fraction of sp³-hybridized carbons (Fsp3) is 0.400. The molecule has 4 rings (SSSR count). The van der Waals surface area contributed by atoms with Crippen LogP contribution < -0.4 is 10.6 Å². The Morgan fingerprint density at radius 2 is 1.73 bits per heavy atom. The molecule has 2 aliphatic rings. The van der Waals surface area contributed by atoms with E-state index in [1.807, 2.05) is 0 Å². The van der Waals surface area contributed by atoms with E-state index in [0.29, 0.717) is 0 Å². The van der Waals surface area contributed by atoms with Crippen molar-refractivity contribution in [1.82, 2.24) is 10.6 Å². The summed E-state index contributed by atoms with van der Waals surface area (Å²) < 4.78 is 0. The van der Waals surface area contributed by atoms with Crippen LogP contribution in [0.3, 0.4) is 0 Å². The molecule has 1 aliphatic carbocycles. The summed E-state index contributed by atoms with van der Waals surface area (Å²) in [7, 11) is 0. The van der Waals surface area contributed by atoms with Crippen LogP contribution in [-0.4, -0.2) is 12.1 Å². The van der Waals surface area contributed by atoms with Gasteiger partial charge >= 0.3 is 0 Å². The molecule has 0 aromatic heterocycles. The van der Waals surface area contributed by atoms with Crippen LogP contribution >= 0.6 is 0 Å². The zero-order chi connectivity index (χ0) is 15.0. The van der Waals surface area contributed by atoms with Gasteiger partial charge in [-0.25, -0.2) is 0 Å². The van der Waals surface area contributed by atoms with E-state index in [-0.39, 0.29) is 5.54 Å². The highest BCUT2D eigenvalue weighted by Crippen LogP contribution is 2.30. The van der Waals surface area contributed by atoms with Gasteiger partial charge in [0, 0.05) is 18.6 Å². The van der Waals surface area contributed by atoms with Gasteiger partial charge in [0.1, 0.15) is 0 Å². The van der Waals surface area contributed by atoms with Gasteiger partial charge in [0.2, 0.25) is 0 Å². The highest BCUT2D eigenvalue weighted by molar-refractivity contribution is 5.38. The van der Waals surface area contributed by atoms with Gasteiger partial charge in [0.25, 0.3) is 0 Å². The molecule has 0 atom stereocenters. The number of hydrogen-bond donors (Lipinski definition) is 2. The number of benzene rings is 2. The van der Waals surface area contributed by atoms with E-state index >= 15 is 0 Å². The predicted octanol–water partition coefficient (Wildman–Crippen LogP) is 2.98. The normalized spacial score (nSPS) is 18.8. The first kappa shape index (κ1) is 14.0. The molecule has 1 aliphatic heterocycles. The minimum atomic E-state index is 0.194. The van der Waals surface area contributed by atoms with Gasteiger partial charge in [-0.05, 0) is 60.5 Å². The molecule has 22 heavy (non-hydrogen) atoms. The minimum Gasteiger partial charge on any atom is -0.312 e. The number of hydrogen-bond acceptors (Lipinski definition) is 2. The molecule has 0 unspecified atom stereocenters. The summed E-state index contributed by atoms with van der Waals surface area (Å²) in [4.78, 5) is 0. The van der Waals surface area contributed by atoms with E-state index in [9.17, 15) is 0 Å². The Bertz CT molecular complexity index is 665. The molecular weight excluding hydrogens is 268 g/mol. The minimum absolute atomic E-state index is 0.194. The van der Waals surface area contributed by atoms with Crippen molar-refractivity contribution >= 4 is 0 Å². The molecule has 0 saturated carbocycles. The van der Waals surface area contributed by atoms with Gasteiger partial charge in [0.15, 0.2) is 0 Å².